The van der Waals surface area contributed by atoms with Crippen molar-refractivity contribution in [3.63, 3.8) is 0 Å². The number of nitrogens with one attached hydrogen (secondary N) is 1. The van der Waals surface area contributed by atoms with Crippen molar-refractivity contribution in [2.24, 2.45) is 5.92 Å². The number of amides is 1. The van der Waals surface area contributed by atoms with Crippen LogP contribution in [0.2, 0.25) is 0 Å². The molecule has 190 valence electrons. The fraction of sp³-hybridized carbons (Fsp3) is 0.345. The molecule has 37 heavy (non-hydrogen) atoms. The average Bonchev–Trinajstić information content (AvgIpc) is 3.73. The van der Waals surface area contributed by atoms with Gasteiger partial charge in [-0.15, -0.1) is 0 Å². The van der Waals surface area contributed by atoms with Gasteiger partial charge in [0.15, 0.2) is 0 Å². The van der Waals surface area contributed by atoms with Crippen molar-refractivity contribution in [1.29, 1.82) is 5.26 Å². The number of phenolic OH excluding ortho intramolecular Hbond substituents is 1. The highest BCUT2D eigenvalue weighted by atomic mass is 16.5. The van der Waals surface area contributed by atoms with Gasteiger partial charge in [0.2, 0.25) is 5.91 Å². The van der Waals surface area contributed by atoms with Gasteiger partial charge in [-0.1, -0.05) is 24.6 Å². The Labute approximate surface area is 216 Å². The van der Waals surface area contributed by atoms with Gasteiger partial charge in [0.1, 0.15) is 28.9 Å². The summed E-state index contributed by atoms with van der Waals surface area (Å²) in [6.07, 6.45) is 5.74. The summed E-state index contributed by atoms with van der Waals surface area (Å²) in [5, 5.41) is 23.3. The number of piperidine rings is 1. The molecule has 0 radical (unpaired) electrons. The number of carbonyl (C=O) groups is 1. The molecule has 0 atom stereocenters. The summed E-state index contributed by atoms with van der Waals surface area (Å²) < 4.78 is 6.07. The van der Waals surface area contributed by atoms with Gasteiger partial charge in [0.25, 0.3) is 0 Å². The monoisotopic (exact) mass is 497 g/mol. The van der Waals surface area contributed by atoms with Gasteiger partial charge in [-0.05, 0) is 80.6 Å². The van der Waals surface area contributed by atoms with Gasteiger partial charge in [0, 0.05) is 11.1 Å². The van der Waals surface area contributed by atoms with Crippen molar-refractivity contribution >= 4 is 17.4 Å². The van der Waals surface area contributed by atoms with E-state index in [-0.39, 0.29) is 23.0 Å². The quantitative estimate of drug-likeness (QED) is 0.409. The number of aromatic nitrogens is 1. The van der Waals surface area contributed by atoms with Crippen LogP contribution in [0.1, 0.15) is 37.7 Å². The molecule has 4 N–H and O–H groups in total. The Morgan fingerprint density at radius 1 is 1.14 bits per heavy atom. The Bertz CT molecular complexity index is 1340. The molecule has 0 unspecified atom stereocenters. The number of para-hydroxylation sites is 1. The molecule has 5 rings (SSSR count). The van der Waals surface area contributed by atoms with Crippen LogP contribution in [0.3, 0.4) is 0 Å². The van der Waals surface area contributed by atoms with Crippen LogP contribution in [-0.2, 0) is 4.79 Å². The third-order valence-electron chi connectivity index (χ3n) is 6.89. The van der Waals surface area contributed by atoms with Crippen LogP contribution in [0.4, 0.5) is 11.5 Å². The summed E-state index contributed by atoms with van der Waals surface area (Å²) in [7, 11) is 0. The number of carbonyl (C=O) groups excluding carboxylic acids is 1. The summed E-state index contributed by atoms with van der Waals surface area (Å²) in [5.41, 5.74) is 9.19. The van der Waals surface area contributed by atoms with E-state index in [1.165, 1.54) is 6.42 Å². The molecule has 1 aromatic heterocycles. The van der Waals surface area contributed by atoms with E-state index in [9.17, 15) is 15.2 Å². The average molecular weight is 498 g/mol. The van der Waals surface area contributed by atoms with Crippen LogP contribution in [0.25, 0.3) is 22.4 Å². The van der Waals surface area contributed by atoms with E-state index in [0.717, 1.165) is 38.8 Å². The molecule has 3 aromatic rings. The molecule has 1 amide bonds. The number of nitrogens with two attached hydrogens (primary N) is 1. The zero-order chi connectivity index (χ0) is 25.8. The maximum Gasteiger partial charge on any atom is 0.238 e. The molecule has 0 spiro atoms. The molecule has 1 aliphatic heterocycles. The predicted octanol–water partition coefficient (Wildman–Crippen LogP) is 4.79. The SMILES string of the molecule is N#Cc1c(-c2ccc(OCC3CC3)c(NC(=O)CN3CCCCC3)c2)cc(-c2ccccc2O)nc1N. The third-order valence-corrected chi connectivity index (χ3v) is 6.89. The zero-order valence-corrected chi connectivity index (χ0v) is 20.7. The van der Waals surface area contributed by atoms with Crippen LogP contribution in [0.5, 0.6) is 11.5 Å². The van der Waals surface area contributed by atoms with Gasteiger partial charge in [-0.3, -0.25) is 9.69 Å². The van der Waals surface area contributed by atoms with Crippen molar-refractivity contribution in [2.75, 3.05) is 37.3 Å². The van der Waals surface area contributed by atoms with Crippen molar-refractivity contribution < 1.29 is 14.6 Å². The number of nitrogen functional groups attached to an aromatic ring is 1. The number of pyridine rings is 1. The number of nitrogens with zero attached hydrogens (tertiary/aromatic N) is 3. The van der Waals surface area contributed by atoms with Gasteiger partial charge in [-0.2, -0.15) is 5.26 Å². The first-order chi connectivity index (χ1) is 18.0. The standard InChI is InChI=1S/C29H31N5O3/c30-16-23-22(15-24(33-29(23)31)21-6-2-3-7-26(21)35)20-10-11-27(37-18-19-8-9-19)25(14-20)32-28(36)17-34-12-4-1-5-13-34/h2-3,6-7,10-11,14-15,19,35H,1,4-5,8-9,12-13,17-18H2,(H2,31,33)(H,32,36). The van der Waals surface area contributed by atoms with Crippen LogP contribution in [-0.4, -0.2) is 47.1 Å². The number of ether oxygens (including phenoxy) is 1. The molecule has 1 saturated heterocycles. The van der Waals surface area contributed by atoms with E-state index in [4.69, 9.17) is 10.5 Å². The molecule has 1 saturated carbocycles. The summed E-state index contributed by atoms with van der Waals surface area (Å²) >= 11 is 0. The van der Waals surface area contributed by atoms with E-state index < -0.39 is 0 Å². The summed E-state index contributed by atoms with van der Waals surface area (Å²) in [5.74, 6) is 1.20. The van der Waals surface area contributed by atoms with Gasteiger partial charge in [0.05, 0.1) is 24.5 Å². The largest absolute Gasteiger partial charge is 0.507 e. The smallest absolute Gasteiger partial charge is 0.238 e. The minimum Gasteiger partial charge on any atom is -0.507 e. The zero-order valence-electron chi connectivity index (χ0n) is 20.7. The third kappa shape index (κ3) is 5.84. The van der Waals surface area contributed by atoms with Gasteiger partial charge in [-0.25, -0.2) is 4.98 Å². The number of aromatic hydroxyl groups is 1. The lowest BCUT2D eigenvalue weighted by molar-refractivity contribution is -0.117. The Balaban J connectivity index is 1.50. The second-order valence-electron chi connectivity index (χ2n) is 9.79. The van der Waals surface area contributed by atoms with E-state index >= 15 is 0 Å². The second kappa shape index (κ2) is 10.9. The topological polar surface area (TPSA) is 124 Å². The Kier molecular flexibility index (Phi) is 7.24. The minimum atomic E-state index is -0.0973. The van der Waals surface area contributed by atoms with Crippen LogP contribution < -0.4 is 15.8 Å². The molecule has 2 heterocycles. The maximum atomic E-state index is 13.0. The fourth-order valence-electron chi connectivity index (χ4n) is 4.66. The number of anilines is 2. The van der Waals surface area contributed by atoms with Crippen molar-refractivity contribution in [2.45, 2.75) is 32.1 Å². The first-order valence-electron chi connectivity index (χ1n) is 12.8. The number of benzene rings is 2. The lowest BCUT2D eigenvalue weighted by atomic mass is 9.97. The number of nitriles is 1. The molecule has 0 bridgehead atoms. The normalized spacial score (nSPS) is 15.6. The van der Waals surface area contributed by atoms with Crippen LogP contribution in [0.15, 0.2) is 48.5 Å². The highest BCUT2D eigenvalue weighted by molar-refractivity contribution is 5.95. The summed E-state index contributed by atoms with van der Waals surface area (Å²) in [6, 6.07) is 16.2. The van der Waals surface area contributed by atoms with Crippen LogP contribution in [0, 0.1) is 17.2 Å². The van der Waals surface area contributed by atoms with E-state index in [1.807, 2.05) is 18.2 Å². The molecule has 2 aliphatic rings. The minimum absolute atomic E-state index is 0.0690. The lowest BCUT2D eigenvalue weighted by Gasteiger charge is -2.25. The first-order valence-corrected chi connectivity index (χ1v) is 12.8. The van der Waals surface area contributed by atoms with Crippen molar-refractivity contribution in [3.05, 3.63) is 54.1 Å². The summed E-state index contributed by atoms with van der Waals surface area (Å²) in [4.78, 5) is 19.5. The Morgan fingerprint density at radius 3 is 2.65 bits per heavy atom. The highest BCUT2D eigenvalue weighted by Crippen LogP contribution is 2.38. The Morgan fingerprint density at radius 2 is 1.92 bits per heavy atom. The number of phenols is 1. The maximum absolute atomic E-state index is 13.0. The second-order valence-corrected chi connectivity index (χ2v) is 9.79. The van der Waals surface area contributed by atoms with E-state index in [1.54, 1.807) is 30.3 Å². The molecule has 2 aromatic carbocycles. The van der Waals surface area contributed by atoms with Crippen molar-refractivity contribution in [3.8, 4) is 40.0 Å². The van der Waals surface area contributed by atoms with Crippen LogP contribution >= 0.6 is 0 Å². The van der Waals surface area contributed by atoms with Gasteiger partial charge >= 0.3 is 0 Å². The molecular formula is C29H31N5O3. The molecule has 8 heteroatoms. The predicted molar refractivity (Wildman–Crippen MR) is 143 cm³/mol. The number of hydrogen-bond donors (Lipinski definition) is 3. The molecular weight excluding hydrogens is 466 g/mol. The fourth-order valence-corrected chi connectivity index (χ4v) is 4.66. The van der Waals surface area contributed by atoms with E-state index in [2.05, 4.69) is 21.3 Å². The summed E-state index contributed by atoms with van der Waals surface area (Å²) in [6.45, 7) is 2.79. The number of rotatable bonds is 8. The molecule has 1 aliphatic carbocycles. The molecule has 2 fully saturated rings. The Hall–Kier alpha value is -4.09. The van der Waals surface area contributed by atoms with Gasteiger partial charge < -0.3 is 20.9 Å². The van der Waals surface area contributed by atoms with E-state index in [0.29, 0.717) is 52.9 Å². The molecule has 8 nitrogen and oxygen atoms in total. The number of likely N-dealkylation sites (tertiary alicyclic amines) is 1. The highest BCUT2D eigenvalue weighted by Gasteiger charge is 2.23. The first kappa shape index (κ1) is 24.6. The number of hydrogen-bond acceptors (Lipinski definition) is 7. The van der Waals surface area contributed by atoms with Crippen molar-refractivity contribution in [1.82, 2.24) is 9.88 Å². The lowest BCUT2D eigenvalue weighted by Crippen LogP contribution is -2.36.